The lowest BCUT2D eigenvalue weighted by Gasteiger charge is -2.45. The van der Waals surface area contributed by atoms with E-state index in [-0.39, 0.29) is 11.6 Å². The average molecular weight is 352 g/mol. The Labute approximate surface area is 136 Å². The van der Waals surface area contributed by atoms with Gasteiger partial charge in [0.2, 0.25) is 0 Å². The van der Waals surface area contributed by atoms with Crippen molar-refractivity contribution in [3.8, 4) is 0 Å². The Hall–Kier alpha value is -0.380. The van der Waals surface area contributed by atoms with Crippen molar-refractivity contribution in [2.75, 3.05) is 6.61 Å². The highest BCUT2D eigenvalue weighted by molar-refractivity contribution is 9.10. The summed E-state index contributed by atoms with van der Waals surface area (Å²) in [6.45, 7) is 3.01. The van der Waals surface area contributed by atoms with Gasteiger partial charge in [-0.2, -0.15) is 0 Å². The minimum Gasteiger partial charge on any atom is -0.375 e. The molecule has 2 unspecified atom stereocenters. The highest BCUT2D eigenvalue weighted by Gasteiger charge is 2.40. The molecule has 1 aliphatic heterocycles. The molecule has 1 aliphatic carbocycles. The molecule has 3 heteroatoms. The van der Waals surface area contributed by atoms with Crippen molar-refractivity contribution < 1.29 is 4.74 Å². The lowest BCUT2D eigenvalue weighted by molar-refractivity contribution is -0.120. The monoisotopic (exact) mass is 351 g/mol. The molecule has 1 heterocycles. The smallest absolute Gasteiger partial charge is 0.0685 e. The minimum absolute atomic E-state index is 0.129. The van der Waals surface area contributed by atoms with E-state index in [0.29, 0.717) is 5.92 Å². The van der Waals surface area contributed by atoms with Crippen LogP contribution >= 0.6 is 15.9 Å². The fraction of sp³-hybridized carbons (Fsp3) is 0.667. The summed E-state index contributed by atoms with van der Waals surface area (Å²) in [7, 11) is 0. The molecule has 1 saturated carbocycles. The van der Waals surface area contributed by atoms with E-state index in [1.54, 1.807) is 0 Å². The van der Waals surface area contributed by atoms with Crippen LogP contribution in [-0.2, 0) is 4.74 Å². The Morgan fingerprint density at radius 3 is 2.71 bits per heavy atom. The van der Waals surface area contributed by atoms with Crippen LogP contribution in [0.2, 0.25) is 0 Å². The number of halogens is 1. The molecule has 0 aromatic heterocycles. The van der Waals surface area contributed by atoms with E-state index in [1.165, 1.54) is 43.2 Å². The SMILES string of the molecule is Cc1cc(Br)cc(C(N)C2CCOC3(CCCCC3)C2)c1. The van der Waals surface area contributed by atoms with Crippen LogP contribution in [0.5, 0.6) is 0 Å². The molecule has 1 spiro atoms. The molecule has 21 heavy (non-hydrogen) atoms. The van der Waals surface area contributed by atoms with E-state index in [2.05, 4.69) is 41.1 Å². The van der Waals surface area contributed by atoms with Crippen LogP contribution < -0.4 is 5.73 Å². The predicted molar refractivity (Wildman–Crippen MR) is 90.3 cm³/mol. The zero-order chi connectivity index (χ0) is 14.9. The largest absolute Gasteiger partial charge is 0.375 e. The fourth-order valence-electron chi connectivity index (χ4n) is 4.15. The van der Waals surface area contributed by atoms with Crippen LogP contribution in [0.1, 0.15) is 62.1 Å². The van der Waals surface area contributed by atoms with Gasteiger partial charge in [-0.25, -0.2) is 0 Å². The highest BCUT2D eigenvalue weighted by Crippen LogP contribution is 2.43. The zero-order valence-electron chi connectivity index (χ0n) is 12.9. The van der Waals surface area contributed by atoms with Gasteiger partial charge in [-0.15, -0.1) is 0 Å². The van der Waals surface area contributed by atoms with Crippen molar-refractivity contribution in [1.29, 1.82) is 0 Å². The fourth-order valence-corrected chi connectivity index (χ4v) is 4.77. The van der Waals surface area contributed by atoms with Gasteiger partial charge < -0.3 is 10.5 Å². The van der Waals surface area contributed by atoms with E-state index < -0.39 is 0 Å². The summed E-state index contributed by atoms with van der Waals surface area (Å²) in [6, 6.07) is 6.69. The molecular weight excluding hydrogens is 326 g/mol. The van der Waals surface area contributed by atoms with E-state index in [0.717, 1.165) is 23.9 Å². The summed E-state index contributed by atoms with van der Waals surface area (Å²) in [5, 5.41) is 0. The van der Waals surface area contributed by atoms with Gasteiger partial charge in [0.05, 0.1) is 5.60 Å². The second-order valence-electron chi connectivity index (χ2n) is 6.93. The number of hydrogen-bond acceptors (Lipinski definition) is 2. The highest BCUT2D eigenvalue weighted by atomic mass is 79.9. The van der Waals surface area contributed by atoms with Crippen LogP contribution in [0.3, 0.4) is 0 Å². The second kappa shape index (κ2) is 6.39. The van der Waals surface area contributed by atoms with Gasteiger partial charge >= 0.3 is 0 Å². The maximum absolute atomic E-state index is 6.62. The molecule has 0 bridgehead atoms. The third kappa shape index (κ3) is 3.52. The van der Waals surface area contributed by atoms with Gasteiger partial charge in [-0.3, -0.25) is 0 Å². The summed E-state index contributed by atoms with van der Waals surface area (Å²) < 4.78 is 7.34. The normalized spacial score (nSPS) is 26.7. The first kappa shape index (κ1) is 15.5. The van der Waals surface area contributed by atoms with Gasteiger partial charge in [-0.05, 0) is 61.8 Å². The Morgan fingerprint density at radius 2 is 2.00 bits per heavy atom. The van der Waals surface area contributed by atoms with Crippen molar-refractivity contribution in [3.05, 3.63) is 33.8 Å². The number of benzene rings is 1. The Balaban J connectivity index is 1.76. The number of rotatable bonds is 2. The van der Waals surface area contributed by atoms with Gasteiger partial charge in [0.25, 0.3) is 0 Å². The first-order valence-corrected chi connectivity index (χ1v) is 9.04. The van der Waals surface area contributed by atoms with Crippen molar-refractivity contribution in [1.82, 2.24) is 0 Å². The van der Waals surface area contributed by atoms with Crippen molar-refractivity contribution in [2.24, 2.45) is 11.7 Å². The summed E-state index contributed by atoms with van der Waals surface area (Å²) in [5.74, 6) is 0.547. The first-order valence-electron chi connectivity index (χ1n) is 8.25. The van der Waals surface area contributed by atoms with E-state index in [1.807, 2.05) is 0 Å². The van der Waals surface area contributed by atoms with Crippen LogP contribution in [-0.4, -0.2) is 12.2 Å². The predicted octanol–water partition coefficient (Wildman–Crippen LogP) is 4.89. The quantitative estimate of drug-likeness (QED) is 0.823. The van der Waals surface area contributed by atoms with Crippen molar-refractivity contribution in [3.63, 3.8) is 0 Å². The number of hydrogen-bond donors (Lipinski definition) is 1. The molecule has 1 aromatic carbocycles. The summed E-state index contributed by atoms with van der Waals surface area (Å²) in [6.07, 6.45) is 8.69. The van der Waals surface area contributed by atoms with Crippen LogP contribution in [0, 0.1) is 12.8 Å². The topological polar surface area (TPSA) is 35.2 Å². The molecule has 1 aromatic rings. The van der Waals surface area contributed by atoms with Crippen molar-refractivity contribution in [2.45, 2.75) is 63.5 Å². The first-order chi connectivity index (χ1) is 10.1. The van der Waals surface area contributed by atoms with Gasteiger partial charge in [0.15, 0.2) is 0 Å². The van der Waals surface area contributed by atoms with E-state index in [9.17, 15) is 0 Å². The molecule has 3 rings (SSSR count). The van der Waals surface area contributed by atoms with Crippen LogP contribution in [0.25, 0.3) is 0 Å². The van der Waals surface area contributed by atoms with Gasteiger partial charge in [0.1, 0.15) is 0 Å². The third-order valence-electron chi connectivity index (χ3n) is 5.25. The number of ether oxygens (including phenoxy) is 1. The molecule has 1 saturated heterocycles. The van der Waals surface area contributed by atoms with Gasteiger partial charge in [0, 0.05) is 17.1 Å². The van der Waals surface area contributed by atoms with Gasteiger partial charge in [-0.1, -0.05) is 41.3 Å². The summed E-state index contributed by atoms with van der Waals surface area (Å²) >= 11 is 3.60. The molecule has 2 atom stereocenters. The molecule has 0 amide bonds. The Morgan fingerprint density at radius 1 is 1.24 bits per heavy atom. The Bertz CT molecular complexity index is 470. The molecule has 116 valence electrons. The molecule has 2 fully saturated rings. The molecule has 2 nitrogen and oxygen atoms in total. The number of aryl methyl sites for hydroxylation is 1. The molecule has 0 radical (unpaired) electrons. The number of nitrogens with two attached hydrogens (primary N) is 1. The van der Waals surface area contributed by atoms with Crippen molar-refractivity contribution >= 4 is 15.9 Å². The minimum atomic E-state index is 0.129. The van der Waals surface area contributed by atoms with Crippen LogP contribution in [0.15, 0.2) is 22.7 Å². The zero-order valence-corrected chi connectivity index (χ0v) is 14.5. The lowest BCUT2D eigenvalue weighted by Crippen LogP contribution is -2.44. The van der Waals surface area contributed by atoms with E-state index >= 15 is 0 Å². The Kier molecular flexibility index (Phi) is 4.72. The summed E-state index contributed by atoms with van der Waals surface area (Å²) in [5.41, 5.74) is 9.30. The molecule has 2 N–H and O–H groups in total. The lowest BCUT2D eigenvalue weighted by atomic mass is 9.73. The standard InChI is InChI=1S/C18H26BrNO/c1-13-9-15(11-16(19)10-13)17(20)14-5-8-21-18(12-14)6-3-2-4-7-18/h9-11,14,17H,2-8,12,20H2,1H3. The second-order valence-corrected chi connectivity index (χ2v) is 7.85. The maximum atomic E-state index is 6.62. The van der Waals surface area contributed by atoms with E-state index in [4.69, 9.17) is 10.5 Å². The molecule has 2 aliphatic rings. The molecular formula is C18H26BrNO. The summed E-state index contributed by atoms with van der Waals surface area (Å²) in [4.78, 5) is 0. The maximum Gasteiger partial charge on any atom is 0.0685 e. The van der Waals surface area contributed by atoms with Crippen LogP contribution in [0.4, 0.5) is 0 Å². The third-order valence-corrected chi connectivity index (χ3v) is 5.71. The average Bonchev–Trinajstić information content (AvgIpc) is 2.46.